The molecule has 4 nitrogen and oxygen atoms in total. The van der Waals surface area contributed by atoms with Gasteiger partial charge in [0, 0.05) is 6.54 Å². The maximum atomic E-state index is 11.6. The highest BCUT2D eigenvalue weighted by Crippen LogP contribution is 2.17. The van der Waals surface area contributed by atoms with Crippen LogP contribution in [0.25, 0.3) is 0 Å². The molecule has 0 aromatic rings. The Morgan fingerprint density at radius 2 is 2.46 bits per heavy atom. The van der Waals surface area contributed by atoms with Crippen molar-refractivity contribution in [2.24, 2.45) is 5.73 Å². The first-order valence-electron chi connectivity index (χ1n) is 4.87. The Balaban J connectivity index is 2.54. The monoisotopic (exact) mass is 186 g/mol. The molecule has 4 heteroatoms. The van der Waals surface area contributed by atoms with Crippen LogP contribution in [0.1, 0.15) is 26.2 Å². The van der Waals surface area contributed by atoms with Gasteiger partial charge in [0.15, 0.2) is 0 Å². The summed E-state index contributed by atoms with van der Waals surface area (Å²) in [5.74, 6) is -0.0148. The molecule has 0 saturated carbocycles. The molecule has 76 valence electrons. The second-order valence-corrected chi connectivity index (χ2v) is 3.52. The maximum Gasteiger partial charge on any atom is 0.239 e. The predicted molar refractivity (Wildman–Crippen MR) is 50.1 cm³/mol. The second-order valence-electron chi connectivity index (χ2n) is 3.52. The van der Waals surface area contributed by atoms with E-state index in [2.05, 4.69) is 0 Å². The molecule has 0 aromatic heterocycles. The molecule has 3 N–H and O–H groups in total. The molecule has 13 heavy (non-hydrogen) atoms. The maximum absolute atomic E-state index is 11.6. The number of hydrogen-bond donors (Lipinski definition) is 2. The number of nitrogens with two attached hydrogens (primary N) is 1. The fourth-order valence-electron chi connectivity index (χ4n) is 1.70. The lowest BCUT2D eigenvalue weighted by Gasteiger charge is -2.25. The van der Waals surface area contributed by atoms with Gasteiger partial charge in [-0.15, -0.1) is 0 Å². The van der Waals surface area contributed by atoms with Crippen LogP contribution < -0.4 is 5.73 Å². The van der Waals surface area contributed by atoms with Crippen LogP contribution in [-0.2, 0) is 4.79 Å². The van der Waals surface area contributed by atoms with Crippen LogP contribution in [-0.4, -0.2) is 41.1 Å². The molecule has 2 atom stereocenters. The summed E-state index contributed by atoms with van der Waals surface area (Å²) in [6.45, 7) is 2.70. The molecule has 1 saturated heterocycles. The first kappa shape index (κ1) is 10.5. The van der Waals surface area contributed by atoms with Crippen molar-refractivity contribution in [2.45, 2.75) is 38.3 Å². The van der Waals surface area contributed by atoms with Crippen molar-refractivity contribution in [1.29, 1.82) is 0 Å². The van der Waals surface area contributed by atoms with Gasteiger partial charge in [-0.05, 0) is 19.3 Å². The molecule has 1 aliphatic heterocycles. The number of likely N-dealkylation sites (tertiary alicyclic amines) is 1. The van der Waals surface area contributed by atoms with Crippen molar-refractivity contribution in [3.8, 4) is 0 Å². The van der Waals surface area contributed by atoms with E-state index in [1.54, 1.807) is 4.90 Å². The molecule has 0 bridgehead atoms. The summed E-state index contributed by atoms with van der Waals surface area (Å²) in [4.78, 5) is 13.4. The highest BCUT2D eigenvalue weighted by molar-refractivity contribution is 5.82. The zero-order valence-corrected chi connectivity index (χ0v) is 8.07. The summed E-state index contributed by atoms with van der Waals surface area (Å²) in [6.07, 6.45) is 2.54. The van der Waals surface area contributed by atoms with Gasteiger partial charge in [0.25, 0.3) is 0 Å². The Bertz CT molecular complexity index is 184. The number of nitrogens with zero attached hydrogens (tertiary/aromatic N) is 1. The van der Waals surface area contributed by atoms with E-state index in [0.717, 1.165) is 19.4 Å². The summed E-state index contributed by atoms with van der Waals surface area (Å²) in [5, 5.41) is 9.01. The van der Waals surface area contributed by atoms with Crippen molar-refractivity contribution in [3.63, 3.8) is 0 Å². The molecule has 1 fully saturated rings. The van der Waals surface area contributed by atoms with Crippen LogP contribution in [0, 0.1) is 0 Å². The summed E-state index contributed by atoms with van der Waals surface area (Å²) in [6, 6.07) is -0.391. The Morgan fingerprint density at radius 3 is 3.00 bits per heavy atom. The zero-order chi connectivity index (χ0) is 9.84. The van der Waals surface area contributed by atoms with Gasteiger partial charge >= 0.3 is 0 Å². The molecular formula is C9H18N2O2. The van der Waals surface area contributed by atoms with E-state index in [1.165, 1.54) is 0 Å². The number of aliphatic hydroxyl groups excluding tert-OH is 1. The smallest absolute Gasteiger partial charge is 0.239 e. The topological polar surface area (TPSA) is 66.6 Å². The molecule has 0 radical (unpaired) electrons. The second kappa shape index (κ2) is 4.58. The molecular weight excluding hydrogens is 168 g/mol. The Labute approximate surface area is 78.7 Å². The van der Waals surface area contributed by atoms with Gasteiger partial charge in [-0.25, -0.2) is 0 Å². The lowest BCUT2D eigenvalue weighted by Crippen LogP contribution is -2.46. The lowest BCUT2D eigenvalue weighted by atomic mass is 10.2. The molecule has 0 spiro atoms. The van der Waals surface area contributed by atoms with E-state index in [0.29, 0.717) is 6.42 Å². The molecule has 1 amide bonds. The predicted octanol–water partition coefficient (Wildman–Crippen LogP) is -0.293. The number of carbonyl (C=O) groups is 1. The van der Waals surface area contributed by atoms with Gasteiger partial charge in [0.1, 0.15) is 0 Å². The summed E-state index contributed by atoms with van der Waals surface area (Å²) in [5.41, 5.74) is 5.64. The van der Waals surface area contributed by atoms with Crippen LogP contribution in [0.4, 0.5) is 0 Å². The van der Waals surface area contributed by atoms with Crippen molar-refractivity contribution >= 4 is 5.91 Å². The van der Waals surface area contributed by atoms with Crippen molar-refractivity contribution in [1.82, 2.24) is 4.90 Å². The minimum atomic E-state index is -0.396. The van der Waals surface area contributed by atoms with Gasteiger partial charge in [-0.1, -0.05) is 6.92 Å². The van der Waals surface area contributed by atoms with Gasteiger partial charge < -0.3 is 15.7 Å². The standard InChI is InChI=1S/C9H18N2O2/c1-2-8(10)9(13)11-5-3-4-7(11)6-12/h7-8,12H,2-6,10H2,1H3/t7-,8-/m1/s1. The van der Waals surface area contributed by atoms with Crippen LogP contribution in [0.3, 0.4) is 0 Å². The number of aliphatic hydroxyl groups is 1. The molecule has 1 rings (SSSR count). The molecule has 1 heterocycles. The van der Waals surface area contributed by atoms with Crippen LogP contribution >= 0.6 is 0 Å². The van der Waals surface area contributed by atoms with Crippen molar-refractivity contribution in [2.75, 3.05) is 13.2 Å². The number of rotatable bonds is 3. The highest BCUT2D eigenvalue weighted by atomic mass is 16.3. The Morgan fingerprint density at radius 1 is 1.77 bits per heavy atom. The fraction of sp³-hybridized carbons (Fsp3) is 0.889. The lowest BCUT2D eigenvalue weighted by molar-refractivity contribution is -0.134. The average molecular weight is 186 g/mol. The third kappa shape index (κ3) is 2.19. The van der Waals surface area contributed by atoms with Gasteiger partial charge in [0.2, 0.25) is 5.91 Å². The van der Waals surface area contributed by atoms with Crippen LogP contribution in [0.15, 0.2) is 0 Å². The number of carbonyl (C=O) groups excluding carboxylic acids is 1. The summed E-state index contributed by atoms with van der Waals surface area (Å²) in [7, 11) is 0. The fourth-order valence-corrected chi connectivity index (χ4v) is 1.70. The van der Waals surface area contributed by atoms with E-state index in [4.69, 9.17) is 10.8 Å². The van der Waals surface area contributed by atoms with Gasteiger partial charge in [-0.3, -0.25) is 4.79 Å². The Kier molecular flexibility index (Phi) is 3.69. The number of amides is 1. The first-order chi connectivity index (χ1) is 6.20. The van der Waals surface area contributed by atoms with Crippen LogP contribution in [0.2, 0.25) is 0 Å². The van der Waals surface area contributed by atoms with E-state index in [1.807, 2.05) is 6.92 Å². The third-order valence-electron chi connectivity index (χ3n) is 2.63. The third-order valence-corrected chi connectivity index (χ3v) is 2.63. The Hall–Kier alpha value is -0.610. The van der Waals surface area contributed by atoms with E-state index >= 15 is 0 Å². The van der Waals surface area contributed by atoms with Crippen LogP contribution in [0.5, 0.6) is 0 Å². The normalized spacial score (nSPS) is 24.8. The number of hydrogen-bond acceptors (Lipinski definition) is 3. The SMILES string of the molecule is CC[C@@H](N)C(=O)N1CCC[C@@H]1CO. The van der Waals surface area contributed by atoms with E-state index in [9.17, 15) is 4.79 Å². The first-order valence-corrected chi connectivity index (χ1v) is 4.87. The highest BCUT2D eigenvalue weighted by Gasteiger charge is 2.30. The van der Waals surface area contributed by atoms with Gasteiger partial charge in [0.05, 0.1) is 18.7 Å². The molecule has 1 aliphatic rings. The van der Waals surface area contributed by atoms with E-state index < -0.39 is 6.04 Å². The zero-order valence-electron chi connectivity index (χ0n) is 8.07. The minimum Gasteiger partial charge on any atom is -0.394 e. The molecule has 0 aromatic carbocycles. The quantitative estimate of drug-likeness (QED) is 0.636. The minimum absolute atomic E-state index is 0.00472. The molecule has 0 aliphatic carbocycles. The summed E-state index contributed by atoms with van der Waals surface area (Å²) < 4.78 is 0. The molecule has 0 unspecified atom stereocenters. The van der Waals surface area contributed by atoms with Crippen molar-refractivity contribution in [3.05, 3.63) is 0 Å². The summed E-state index contributed by atoms with van der Waals surface area (Å²) >= 11 is 0. The van der Waals surface area contributed by atoms with Crippen molar-refractivity contribution < 1.29 is 9.90 Å². The van der Waals surface area contributed by atoms with E-state index in [-0.39, 0.29) is 18.6 Å². The average Bonchev–Trinajstić information content (AvgIpc) is 2.62. The largest absolute Gasteiger partial charge is 0.394 e. The van der Waals surface area contributed by atoms with Gasteiger partial charge in [-0.2, -0.15) is 0 Å².